The molecule has 2 aliphatic rings. The molecule has 10 heteroatoms. The Labute approximate surface area is 227 Å². The third-order valence-corrected chi connectivity index (χ3v) is 7.24. The lowest BCUT2D eigenvalue weighted by molar-refractivity contribution is -0.144. The van der Waals surface area contributed by atoms with Crippen molar-refractivity contribution in [1.29, 1.82) is 0 Å². The fourth-order valence-corrected chi connectivity index (χ4v) is 5.58. The van der Waals surface area contributed by atoms with Crippen LogP contribution < -0.4 is 9.64 Å². The zero-order valence-corrected chi connectivity index (χ0v) is 23.1. The number of benzene rings is 1. The molecule has 3 atom stereocenters. The number of pyridine rings is 1. The van der Waals surface area contributed by atoms with Gasteiger partial charge in [-0.25, -0.2) is 9.78 Å². The largest absolute Gasteiger partial charge is 0.485 e. The van der Waals surface area contributed by atoms with Gasteiger partial charge in [0.25, 0.3) is 0 Å². The molecule has 1 aromatic heterocycles. The molecule has 0 radical (unpaired) electrons. The van der Waals surface area contributed by atoms with E-state index in [9.17, 15) is 14.7 Å². The Morgan fingerprint density at radius 3 is 2.38 bits per heavy atom. The number of carbonyl (C=O) groups excluding carboxylic acids is 1. The fourth-order valence-electron chi connectivity index (χ4n) is 4.90. The summed E-state index contributed by atoms with van der Waals surface area (Å²) in [5.74, 6) is -0.605. The molecule has 37 heavy (non-hydrogen) atoms. The smallest absolute Gasteiger partial charge is 0.410 e. The highest BCUT2D eigenvalue weighted by Crippen LogP contribution is 2.37. The topological polar surface area (TPSA) is 92.2 Å². The minimum atomic E-state index is -0.935. The van der Waals surface area contributed by atoms with E-state index >= 15 is 0 Å². The number of hydrogen-bond acceptors (Lipinski definition) is 6. The van der Waals surface area contributed by atoms with Gasteiger partial charge in [-0.3, -0.25) is 4.79 Å². The van der Waals surface area contributed by atoms with Crippen LogP contribution in [0, 0.1) is 12.8 Å². The number of aliphatic carboxylic acids is 1. The third kappa shape index (κ3) is 6.60. The van der Waals surface area contributed by atoms with Crippen LogP contribution in [0.1, 0.15) is 50.7 Å². The normalized spacial score (nSPS) is 22.2. The number of piperidine rings is 1. The number of hydrogen-bond donors (Lipinski definition) is 1. The number of nitrogens with zero attached hydrogens (tertiary/aromatic N) is 3. The highest BCUT2D eigenvalue weighted by molar-refractivity contribution is 6.37. The van der Waals surface area contributed by atoms with Crippen molar-refractivity contribution >= 4 is 41.1 Å². The maximum Gasteiger partial charge on any atom is 0.410 e. The molecule has 200 valence electrons. The van der Waals surface area contributed by atoms with E-state index in [4.69, 9.17) is 32.7 Å². The van der Waals surface area contributed by atoms with Gasteiger partial charge < -0.3 is 24.4 Å². The van der Waals surface area contributed by atoms with Crippen LogP contribution >= 0.6 is 23.2 Å². The van der Waals surface area contributed by atoms with Gasteiger partial charge >= 0.3 is 12.1 Å². The number of likely N-dealkylation sites (tertiary alicyclic amines) is 1. The van der Waals surface area contributed by atoms with Gasteiger partial charge in [0.05, 0.1) is 22.5 Å². The quantitative estimate of drug-likeness (QED) is 0.505. The molecule has 0 saturated carbocycles. The van der Waals surface area contributed by atoms with Crippen LogP contribution in [0.25, 0.3) is 0 Å². The Balaban J connectivity index is 1.39. The van der Waals surface area contributed by atoms with Gasteiger partial charge in [-0.1, -0.05) is 29.3 Å². The fraction of sp³-hybridized carbons (Fsp3) is 0.519. The molecule has 2 saturated heterocycles. The first-order chi connectivity index (χ1) is 17.4. The maximum absolute atomic E-state index is 12.5. The number of halogens is 2. The SMILES string of the molecule is Cc1cc(Cl)c(O[C@@H]2CCN(c3ccc([C@@H]4CCN(C(=O)OC(C)(C)C)C[C@H]4C(=O)O)cn3)C2)c(Cl)c1. The van der Waals surface area contributed by atoms with Crippen molar-refractivity contribution in [2.45, 2.75) is 58.2 Å². The average Bonchev–Trinajstić information content (AvgIpc) is 3.29. The van der Waals surface area contributed by atoms with Gasteiger partial charge in [0.2, 0.25) is 0 Å². The van der Waals surface area contributed by atoms with E-state index < -0.39 is 23.6 Å². The zero-order chi connectivity index (χ0) is 26.9. The summed E-state index contributed by atoms with van der Waals surface area (Å²) in [7, 11) is 0. The van der Waals surface area contributed by atoms with Crippen LogP contribution in [0.2, 0.25) is 10.0 Å². The number of carboxylic acids is 1. The number of amides is 1. The molecule has 2 aromatic rings. The van der Waals surface area contributed by atoms with E-state index in [0.29, 0.717) is 35.3 Å². The molecular formula is C27H33Cl2N3O5. The summed E-state index contributed by atoms with van der Waals surface area (Å²) in [4.78, 5) is 32.8. The first kappa shape index (κ1) is 27.3. The summed E-state index contributed by atoms with van der Waals surface area (Å²) in [5.41, 5.74) is 1.19. The average molecular weight is 550 g/mol. The lowest BCUT2D eigenvalue weighted by Crippen LogP contribution is -2.47. The van der Waals surface area contributed by atoms with Gasteiger partial charge in [-0.15, -0.1) is 0 Å². The summed E-state index contributed by atoms with van der Waals surface area (Å²) in [6, 6.07) is 7.52. The summed E-state index contributed by atoms with van der Waals surface area (Å²) >= 11 is 12.7. The second kappa shape index (κ2) is 11.0. The standard InChI is InChI=1S/C27H33Cl2N3O5/c1-16-11-21(28)24(22(29)12-16)36-18-7-9-31(14-18)23-6-5-17(13-30-23)19-8-10-32(15-20(19)25(33)34)26(35)37-27(2,3)4/h5-6,11-13,18-20H,7-10,14-15H2,1-4H3,(H,33,34)/t18-,19+,20-/m1/s1. The first-order valence-corrected chi connectivity index (χ1v) is 13.2. The first-order valence-electron chi connectivity index (χ1n) is 12.4. The van der Waals surface area contributed by atoms with Crippen molar-refractivity contribution in [3.63, 3.8) is 0 Å². The van der Waals surface area contributed by atoms with E-state index in [1.807, 2.05) is 31.2 Å². The van der Waals surface area contributed by atoms with Crippen molar-refractivity contribution < 1.29 is 24.2 Å². The van der Waals surface area contributed by atoms with Crippen LogP contribution in [-0.4, -0.2) is 64.9 Å². The summed E-state index contributed by atoms with van der Waals surface area (Å²) < 4.78 is 11.6. The van der Waals surface area contributed by atoms with Crippen molar-refractivity contribution in [2.24, 2.45) is 5.92 Å². The minimum absolute atomic E-state index is 0.0762. The Morgan fingerprint density at radius 2 is 1.78 bits per heavy atom. The Morgan fingerprint density at radius 1 is 1.08 bits per heavy atom. The van der Waals surface area contributed by atoms with Crippen molar-refractivity contribution in [3.8, 4) is 5.75 Å². The van der Waals surface area contributed by atoms with Crippen molar-refractivity contribution in [3.05, 3.63) is 51.6 Å². The highest BCUT2D eigenvalue weighted by atomic mass is 35.5. The number of aryl methyl sites for hydroxylation is 1. The molecule has 2 fully saturated rings. The van der Waals surface area contributed by atoms with Crippen LogP contribution in [0.4, 0.5) is 10.6 Å². The van der Waals surface area contributed by atoms with E-state index in [1.165, 1.54) is 4.90 Å². The highest BCUT2D eigenvalue weighted by Gasteiger charge is 2.38. The monoisotopic (exact) mass is 549 g/mol. The number of anilines is 1. The van der Waals surface area contributed by atoms with E-state index in [0.717, 1.165) is 29.9 Å². The van der Waals surface area contributed by atoms with Crippen LogP contribution in [-0.2, 0) is 9.53 Å². The number of carboxylic acid groups (broad SMARTS) is 1. The number of rotatable bonds is 5. The molecule has 0 bridgehead atoms. The summed E-state index contributed by atoms with van der Waals surface area (Å²) in [6.45, 7) is 9.25. The van der Waals surface area contributed by atoms with Crippen molar-refractivity contribution in [1.82, 2.24) is 9.88 Å². The molecule has 0 aliphatic carbocycles. The lowest BCUT2D eigenvalue weighted by Gasteiger charge is -2.37. The van der Waals surface area contributed by atoms with Gasteiger partial charge in [-0.2, -0.15) is 0 Å². The number of ether oxygens (including phenoxy) is 2. The predicted octanol–water partition coefficient (Wildman–Crippen LogP) is 5.78. The molecule has 1 N–H and O–H groups in total. The maximum atomic E-state index is 12.5. The molecule has 0 spiro atoms. The van der Waals surface area contributed by atoms with Gasteiger partial charge in [0.1, 0.15) is 17.5 Å². The van der Waals surface area contributed by atoms with Gasteiger partial charge in [0, 0.05) is 38.2 Å². The minimum Gasteiger partial charge on any atom is -0.485 e. The van der Waals surface area contributed by atoms with Gasteiger partial charge in [-0.05, 0) is 63.4 Å². The molecule has 4 rings (SSSR count). The Hall–Kier alpha value is -2.71. The Bertz CT molecular complexity index is 1130. The third-order valence-electron chi connectivity index (χ3n) is 6.68. The molecule has 1 aromatic carbocycles. The number of aromatic nitrogens is 1. The molecular weight excluding hydrogens is 517 g/mol. The summed E-state index contributed by atoms with van der Waals surface area (Å²) in [6.07, 6.45) is 2.52. The molecule has 2 aliphatic heterocycles. The van der Waals surface area contributed by atoms with E-state index in [-0.39, 0.29) is 18.6 Å². The van der Waals surface area contributed by atoms with E-state index in [2.05, 4.69) is 9.88 Å². The second-order valence-electron chi connectivity index (χ2n) is 10.7. The van der Waals surface area contributed by atoms with E-state index in [1.54, 1.807) is 27.0 Å². The Kier molecular flexibility index (Phi) is 8.09. The van der Waals surface area contributed by atoms with Gasteiger partial charge in [0.15, 0.2) is 5.75 Å². The second-order valence-corrected chi connectivity index (χ2v) is 11.6. The van der Waals surface area contributed by atoms with Crippen LogP contribution in [0.5, 0.6) is 5.75 Å². The molecule has 0 unspecified atom stereocenters. The lowest BCUT2D eigenvalue weighted by atomic mass is 9.81. The zero-order valence-electron chi connectivity index (χ0n) is 21.5. The molecule has 8 nitrogen and oxygen atoms in total. The van der Waals surface area contributed by atoms with Crippen LogP contribution in [0.3, 0.4) is 0 Å². The van der Waals surface area contributed by atoms with Crippen LogP contribution in [0.15, 0.2) is 30.5 Å². The predicted molar refractivity (Wildman–Crippen MR) is 143 cm³/mol. The number of carbonyl (C=O) groups is 2. The molecule has 3 heterocycles. The molecule has 1 amide bonds. The summed E-state index contributed by atoms with van der Waals surface area (Å²) in [5, 5.41) is 10.9. The van der Waals surface area contributed by atoms with Crippen molar-refractivity contribution in [2.75, 3.05) is 31.1 Å².